The predicted molar refractivity (Wildman–Crippen MR) is 90.0 cm³/mol. The van der Waals surface area contributed by atoms with Crippen LogP contribution in [-0.4, -0.2) is 29.3 Å². The van der Waals surface area contributed by atoms with Gasteiger partial charge in [0.1, 0.15) is 5.82 Å². The Hall–Kier alpha value is -1.85. The van der Waals surface area contributed by atoms with E-state index in [0.29, 0.717) is 18.9 Å². The van der Waals surface area contributed by atoms with Gasteiger partial charge in [-0.05, 0) is 32.0 Å². The molecule has 0 aliphatic heterocycles. The van der Waals surface area contributed by atoms with Gasteiger partial charge in [-0.25, -0.2) is 4.68 Å². The van der Waals surface area contributed by atoms with E-state index < -0.39 is 0 Å². The van der Waals surface area contributed by atoms with Crippen LogP contribution in [0.4, 0.5) is 5.82 Å². The summed E-state index contributed by atoms with van der Waals surface area (Å²) in [7, 11) is 1.84. The average molecular weight is 321 g/mol. The quantitative estimate of drug-likeness (QED) is 0.860. The van der Waals surface area contributed by atoms with E-state index in [1.807, 2.05) is 48.1 Å². The van der Waals surface area contributed by atoms with Crippen molar-refractivity contribution in [1.82, 2.24) is 15.1 Å². The van der Waals surface area contributed by atoms with Crippen LogP contribution in [0.1, 0.15) is 30.9 Å². The summed E-state index contributed by atoms with van der Waals surface area (Å²) >= 11 is 0. The van der Waals surface area contributed by atoms with Crippen molar-refractivity contribution < 1.29 is 4.79 Å². The Kier molecular flexibility index (Phi) is 5.57. The zero-order valence-electron chi connectivity index (χ0n) is 12.6. The van der Waals surface area contributed by atoms with Crippen molar-refractivity contribution in [3.8, 4) is 5.69 Å². The second-order valence-corrected chi connectivity index (χ2v) is 5.38. The molecule has 1 heterocycles. The number of nitrogens with zero attached hydrogens (tertiary/aromatic N) is 2. The van der Waals surface area contributed by atoms with E-state index in [1.165, 1.54) is 12.8 Å². The summed E-state index contributed by atoms with van der Waals surface area (Å²) in [6.07, 6.45) is 2.84. The molecule has 0 unspecified atom stereocenters. The molecule has 1 fully saturated rings. The number of rotatable bonds is 6. The topological polar surface area (TPSA) is 59.0 Å². The first kappa shape index (κ1) is 16.5. The van der Waals surface area contributed by atoms with Gasteiger partial charge in [0.2, 0.25) is 5.91 Å². The Labute approximate surface area is 136 Å². The summed E-state index contributed by atoms with van der Waals surface area (Å²) in [6.45, 7) is 0.667. The fourth-order valence-corrected chi connectivity index (χ4v) is 2.28. The molecule has 22 heavy (non-hydrogen) atoms. The van der Waals surface area contributed by atoms with Gasteiger partial charge in [0.05, 0.1) is 11.4 Å². The molecule has 1 aromatic heterocycles. The van der Waals surface area contributed by atoms with Crippen LogP contribution in [0.3, 0.4) is 0 Å². The predicted octanol–water partition coefficient (Wildman–Crippen LogP) is 2.72. The van der Waals surface area contributed by atoms with Gasteiger partial charge in [0, 0.05) is 24.9 Å². The number of halogens is 1. The standard InChI is InChI=1S/C16H20N4O.ClH/c1-17-10-9-16(21)18-15-11-14(12-7-8-12)19-20(15)13-5-3-2-4-6-13;/h2-6,11-12,17H,7-10H2,1H3,(H,18,21);1H. The first-order chi connectivity index (χ1) is 10.3. The smallest absolute Gasteiger partial charge is 0.226 e. The van der Waals surface area contributed by atoms with Crippen molar-refractivity contribution in [3.63, 3.8) is 0 Å². The summed E-state index contributed by atoms with van der Waals surface area (Å²) in [6, 6.07) is 11.9. The van der Waals surface area contributed by atoms with E-state index in [1.54, 1.807) is 0 Å². The summed E-state index contributed by atoms with van der Waals surface area (Å²) in [5.74, 6) is 1.32. The number of hydrogen-bond donors (Lipinski definition) is 2. The van der Waals surface area contributed by atoms with Crippen molar-refractivity contribution >= 4 is 24.1 Å². The lowest BCUT2D eigenvalue weighted by Gasteiger charge is -2.08. The van der Waals surface area contributed by atoms with Crippen LogP contribution in [0.2, 0.25) is 0 Å². The van der Waals surface area contributed by atoms with Crippen LogP contribution in [0.5, 0.6) is 0 Å². The molecule has 1 aromatic carbocycles. The summed E-state index contributed by atoms with van der Waals surface area (Å²) in [4.78, 5) is 12.0. The van der Waals surface area contributed by atoms with Crippen LogP contribution >= 0.6 is 12.4 Å². The molecule has 1 saturated carbocycles. The number of anilines is 1. The van der Waals surface area contributed by atoms with Crippen LogP contribution in [0.15, 0.2) is 36.4 Å². The van der Waals surface area contributed by atoms with Crippen molar-refractivity contribution in [3.05, 3.63) is 42.1 Å². The van der Waals surface area contributed by atoms with Gasteiger partial charge < -0.3 is 10.6 Å². The van der Waals surface area contributed by atoms with Crippen molar-refractivity contribution in [2.24, 2.45) is 0 Å². The van der Waals surface area contributed by atoms with Gasteiger partial charge in [0.15, 0.2) is 0 Å². The first-order valence-corrected chi connectivity index (χ1v) is 7.38. The lowest BCUT2D eigenvalue weighted by molar-refractivity contribution is -0.116. The number of benzene rings is 1. The van der Waals surface area contributed by atoms with Crippen LogP contribution in [0, 0.1) is 0 Å². The molecule has 0 saturated heterocycles. The molecule has 0 atom stereocenters. The summed E-state index contributed by atoms with van der Waals surface area (Å²) in [5.41, 5.74) is 2.04. The highest BCUT2D eigenvalue weighted by Gasteiger charge is 2.27. The monoisotopic (exact) mass is 320 g/mol. The molecule has 3 rings (SSSR count). The van der Waals surface area contributed by atoms with E-state index >= 15 is 0 Å². The molecular formula is C16H21ClN4O. The minimum atomic E-state index is 0. The van der Waals surface area contributed by atoms with E-state index in [4.69, 9.17) is 0 Å². The van der Waals surface area contributed by atoms with Crippen molar-refractivity contribution in [2.45, 2.75) is 25.2 Å². The number of para-hydroxylation sites is 1. The molecule has 0 spiro atoms. The van der Waals surface area contributed by atoms with E-state index in [-0.39, 0.29) is 18.3 Å². The molecule has 0 radical (unpaired) electrons. The Balaban J connectivity index is 0.00000176. The van der Waals surface area contributed by atoms with Gasteiger partial charge in [-0.1, -0.05) is 18.2 Å². The molecule has 2 N–H and O–H groups in total. The number of hydrogen-bond acceptors (Lipinski definition) is 3. The maximum Gasteiger partial charge on any atom is 0.226 e. The second-order valence-electron chi connectivity index (χ2n) is 5.38. The second kappa shape index (κ2) is 7.42. The molecular weight excluding hydrogens is 300 g/mol. The lowest BCUT2D eigenvalue weighted by Crippen LogP contribution is -2.20. The molecule has 0 bridgehead atoms. The molecule has 6 heteroatoms. The fourth-order valence-electron chi connectivity index (χ4n) is 2.28. The van der Waals surface area contributed by atoms with Crippen LogP contribution in [0.25, 0.3) is 5.69 Å². The Morgan fingerprint density at radius 2 is 2.05 bits per heavy atom. The molecule has 2 aromatic rings. The van der Waals surface area contributed by atoms with Crippen LogP contribution in [-0.2, 0) is 4.79 Å². The Morgan fingerprint density at radius 3 is 2.68 bits per heavy atom. The molecule has 1 amide bonds. The number of amides is 1. The highest BCUT2D eigenvalue weighted by molar-refractivity contribution is 5.90. The average Bonchev–Trinajstić information content (AvgIpc) is 3.28. The lowest BCUT2D eigenvalue weighted by atomic mass is 10.3. The SMILES string of the molecule is CNCCC(=O)Nc1cc(C2CC2)nn1-c1ccccc1.Cl. The zero-order chi connectivity index (χ0) is 14.7. The van der Waals surface area contributed by atoms with Gasteiger partial charge in [-0.15, -0.1) is 12.4 Å². The van der Waals surface area contributed by atoms with Crippen molar-refractivity contribution in [2.75, 3.05) is 18.9 Å². The molecule has 1 aliphatic rings. The maximum absolute atomic E-state index is 12.0. The van der Waals surface area contributed by atoms with E-state index in [0.717, 1.165) is 17.2 Å². The molecule has 1 aliphatic carbocycles. The largest absolute Gasteiger partial charge is 0.319 e. The van der Waals surface area contributed by atoms with E-state index in [2.05, 4.69) is 15.7 Å². The number of carbonyl (C=O) groups excluding carboxylic acids is 1. The van der Waals surface area contributed by atoms with Gasteiger partial charge in [0.25, 0.3) is 0 Å². The zero-order valence-corrected chi connectivity index (χ0v) is 13.4. The normalized spacial score (nSPS) is 13.5. The first-order valence-electron chi connectivity index (χ1n) is 7.38. The highest BCUT2D eigenvalue weighted by atomic mass is 35.5. The van der Waals surface area contributed by atoms with Crippen molar-refractivity contribution in [1.29, 1.82) is 0 Å². The van der Waals surface area contributed by atoms with E-state index in [9.17, 15) is 4.79 Å². The van der Waals surface area contributed by atoms with Gasteiger partial charge in [-0.3, -0.25) is 4.79 Å². The fraction of sp³-hybridized carbons (Fsp3) is 0.375. The number of nitrogens with one attached hydrogen (secondary N) is 2. The highest BCUT2D eigenvalue weighted by Crippen LogP contribution is 2.40. The van der Waals surface area contributed by atoms with Crippen LogP contribution < -0.4 is 10.6 Å². The third kappa shape index (κ3) is 3.87. The van der Waals surface area contributed by atoms with Gasteiger partial charge >= 0.3 is 0 Å². The Morgan fingerprint density at radius 1 is 1.32 bits per heavy atom. The maximum atomic E-state index is 12.0. The number of aromatic nitrogens is 2. The third-order valence-electron chi connectivity index (χ3n) is 3.59. The minimum absolute atomic E-state index is 0. The Bertz CT molecular complexity index is 622. The third-order valence-corrected chi connectivity index (χ3v) is 3.59. The number of carbonyl (C=O) groups is 1. The molecule has 118 valence electrons. The molecule has 5 nitrogen and oxygen atoms in total. The van der Waals surface area contributed by atoms with Gasteiger partial charge in [-0.2, -0.15) is 5.10 Å². The minimum Gasteiger partial charge on any atom is -0.319 e. The summed E-state index contributed by atoms with van der Waals surface area (Å²) < 4.78 is 1.82. The summed E-state index contributed by atoms with van der Waals surface area (Å²) in [5, 5.41) is 10.6.